The summed E-state index contributed by atoms with van der Waals surface area (Å²) in [6, 6.07) is -0.547. The van der Waals surface area contributed by atoms with Crippen molar-refractivity contribution in [3.8, 4) is 0 Å². The van der Waals surface area contributed by atoms with Gasteiger partial charge in [0.2, 0.25) is 12.2 Å². The lowest BCUT2D eigenvalue weighted by molar-refractivity contribution is -0.683. The number of carbonyl (C=O) groups excluding carboxylic acids is 3. The van der Waals surface area contributed by atoms with Gasteiger partial charge in [0, 0.05) is 35.1 Å². The number of fused-ring (bicyclic) bond motifs is 1. The normalized spacial score (nSPS) is 27.2. The average molecular weight is 549 g/mol. The van der Waals surface area contributed by atoms with Gasteiger partial charge in [-0.2, -0.15) is 0 Å². The van der Waals surface area contributed by atoms with E-state index in [0.29, 0.717) is 30.8 Å². The third-order valence-electron chi connectivity index (χ3n) is 7.35. The van der Waals surface area contributed by atoms with E-state index in [9.17, 15) is 29.4 Å². The molecule has 1 aromatic rings. The third-order valence-corrected chi connectivity index (χ3v) is 8.84. The van der Waals surface area contributed by atoms with Gasteiger partial charge in [0.15, 0.2) is 6.54 Å². The summed E-state index contributed by atoms with van der Waals surface area (Å²) in [6.45, 7) is 8.12. The molecule has 4 N–H and O–H groups in total. The SMILES string of the molecule is C=CCOC(=O)N1C[C@@H](SC2=C(C(=O)O)N3C(=O)[C@H]([C@@H](C)O)[C@H]3[C@H]2C)C[C@H]1CCn1cc[n+](CC(N)=O)c1. The number of carboxylic acid groups (broad SMARTS) is 1. The first-order valence-electron chi connectivity index (χ1n) is 12.6. The van der Waals surface area contributed by atoms with Crippen molar-refractivity contribution >= 4 is 35.6 Å². The van der Waals surface area contributed by atoms with Crippen LogP contribution < -0.4 is 10.3 Å². The van der Waals surface area contributed by atoms with E-state index in [-0.39, 0.29) is 48.0 Å². The molecule has 0 aliphatic carbocycles. The molecule has 4 rings (SSSR count). The smallest absolute Gasteiger partial charge is 0.410 e. The second-order valence-corrected chi connectivity index (χ2v) is 11.3. The Balaban J connectivity index is 1.49. The number of β-lactam (4-membered cyclic amide) rings is 1. The predicted octanol–water partition coefficient (Wildman–Crippen LogP) is 0.303. The van der Waals surface area contributed by atoms with E-state index >= 15 is 0 Å². The van der Waals surface area contributed by atoms with Gasteiger partial charge in [0.05, 0.1) is 24.6 Å². The van der Waals surface area contributed by atoms with E-state index < -0.39 is 30.0 Å². The lowest BCUT2D eigenvalue weighted by atomic mass is 9.79. The topological polar surface area (TPSA) is 159 Å². The molecule has 12 nitrogen and oxygen atoms in total. The molecule has 206 valence electrons. The number of likely N-dealkylation sites (tertiary alicyclic amines) is 1. The first-order valence-corrected chi connectivity index (χ1v) is 13.4. The fourth-order valence-electron chi connectivity index (χ4n) is 5.67. The van der Waals surface area contributed by atoms with Gasteiger partial charge in [0.1, 0.15) is 24.7 Å². The standard InChI is InChI=1S/C25H33N5O7S/c1-4-9-37-25(36)29-11-17(10-16(29)5-6-27-7-8-28(13-27)12-18(26)32)38-22-14(2)20-19(15(3)31)23(33)30(20)21(22)24(34)35/h4,7-8,13-17,19-20,31H,1,5-6,9-12H2,2-3H3,(H2-,26,32,34,35)/p+1/t14-,15-,16-,17+,19-,20-/m1/s1. The largest absolute Gasteiger partial charge is 0.477 e. The van der Waals surface area contributed by atoms with Crippen LogP contribution in [0, 0.1) is 11.8 Å². The van der Waals surface area contributed by atoms with Crippen molar-refractivity contribution in [1.29, 1.82) is 0 Å². The molecule has 4 heterocycles. The molecule has 38 heavy (non-hydrogen) atoms. The minimum Gasteiger partial charge on any atom is -0.477 e. The van der Waals surface area contributed by atoms with Crippen molar-refractivity contribution in [1.82, 2.24) is 14.4 Å². The Labute approximate surface area is 224 Å². The number of nitrogens with zero attached hydrogens (tertiary/aromatic N) is 4. The zero-order valence-electron chi connectivity index (χ0n) is 21.4. The Morgan fingerprint density at radius 2 is 2.13 bits per heavy atom. The molecule has 2 saturated heterocycles. The number of nitrogens with two attached hydrogens (primary N) is 1. The fraction of sp³-hybridized carbons (Fsp3) is 0.560. The third kappa shape index (κ3) is 5.30. The van der Waals surface area contributed by atoms with Gasteiger partial charge in [-0.25, -0.2) is 18.7 Å². The van der Waals surface area contributed by atoms with E-state index in [1.807, 2.05) is 17.7 Å². The summed E-state index contributed by atoms with van der Waals surface area (Å²) in [4.78, 5) is 52.4. The monoisotopic (exact) mass is 548 g/mol. The number of hydrogen-bond acceptors (Lipinski definition) is 7. The summed E-state index contributed by atoms with van der Waals surface area (Å²) in [5.41, 5.74) is 5.24. The van der Waals surface area contributed by atoms with Crippen molar-refractivity contribution in [3.63, 3.8) is 0 Å². The average Bonchev–Trinajstić information content (AvgIpc) is 3.51. The van der Waals surface area contributed by atoms with Crippen molar-refractivity contribution in [2.45, 2.75) is 63.2 Å². The Bertz CT molecular complexity index is 1160. The second kappa shape index (κ2) is 11.2. The van der Waals surface area contributed by atoms with Gasteiger partial charge >= 0.3 is 12.1 Å². The zero-order chi connectivity index (χ0) is 27.7. The summed E-state index contributed by atoms with van der Waals surface area (Å²) in [6.07, 6.45) is 6.74. The van der Waals surface area contributed by atoms with E-state index in [2.05, 4.69) is 6.58 Å². The van der Waals surface area contributed by atoms with Crippen molar-refractivity contribution in [2.24, 2.45) is 17.6 Å². The summed E-state index contributed by atoms with van der Waals surface area (Å²) < 4.78 is 8.90. The number of aryl methyl sites for hydroxylation is 1. The Morgan fingerprint density at radius 1 is 1.39 bits per heavy atom. The number of thioether (sulfide) groups is 1. The van der Waals surface area contributed by atoms with Crippen LogP contribution >= 0.6 is 11.8 Å². The van der Waals surface area contributed by atoms with E-state index in [4.69, 9.17) is 10.5 Å². The molecule has 0 aromatic carbocycles. The number of carboxylic acids is 1. The number of aliphatic carboxylic acids is 1. The molecule has 3 aliphatic heterocycles. The zero-order valence-corrected chi connectivity index (χ0v) is 22.2. The fourth-order valence-corrected chi connectivity index (χ4v) is 7.23. The molecule has 0 bridgehead atoms. The molecular formula is C25H34N5O7S+. The van der Waals surface area contributed by atoms with Crippen molar-refractivity contribution in [2.75, 3.05) is 13.2 Å². The van der Waals surface area contributed by atoms with Gasteiger partial charge in [-0.15, -0.1) is 11.8 Å². The molecule has 1 aromatic heterocycles. The first-order chi connectivity index (χ1) is 18.0. The molecule has 0 saturated carbocycles. The van der Waals surface area contributed by atoms with Crippen LogP contribution in [0.25, 0.3) is 0 Å². The van der Waals surface area contributed by atoms with Crippen LogP contribution in [-0.4, -0.2) is 85.0 Å². The van der Waals surface area contributed by atoms with Crippen LogP contribution in [0.2, 0.25) is 0 Å². The van der Waals surface area contributed by atoms with Crippen LogP contribution in [0.4, 0.5) is 4.79 Å². The first kappa shape index (κ1) is 27.7. The van der Waals surface area contributed by atoms with Crippen LogP contribution in [0.5, 0.6) is 0 Å². The number of aliphatic hydroxyl groups is 1. The molecule has 0 spiro atoms. The molecule has 6 atom stereocenters. The summed E-state index contributed by atoms with van der Waals surface area (Å²) in [7, 11) is 0. The second-order valence-electron chi connectivity index (χ2n) is 10.00. The molecule has 0 unspecified atom stereocenters. The number of amides is 3. The highest BCUT2D eigenvalue weighted by Gasteiger charge is 2.60. The maximum atomic E-state index is 12.8. The van der Waals surface area contributed by atoms with Crippen molar-refractivity contribution in [3.05, 3.63) is 42.0 Å². The predicted molar refractivity (Wildman–Crippen MR) is 136 cm³/mol. The highest BCUT2D eigenvalue weighted by atomic mass is 32.2. The van der Waals surface area contributed by atoms with Gasteiger partial charge in [-0.3, -0.25) is 9.59 Å². The molecule has 2 fully saturated rings. The Morgan fingerprint density at radius 3 is 2.76 bits per heavy atom. The molecule has 13 heteroatoms. The lowest BCUT2D eigenvalue weighted by Gasteiger charge is -2.46. The van der Waals surface area contributed by atoms with E-state index in [1.54, 1.807) is 28.9 Å². The maximum Gasteiger partial charge on any atom is 0.410 e. The van der Waals surface area contributed by atoms with E-state index in [1.165, 1.54) is 22.7 Å². The van der Waals surface area contributed by atoms with E-state index in [0.717, 1.165) is 0 Å². The maximum absolute atomic E-state index is 12.8. The lowest BCUT2D eigenvalue weighted by Crippen LogP contribution is -2.63. The van der Waals surface area contributed by atoms with Crippen LogP contribution in [0.15, 0.2) is 42.0 Å². The molecule has 3 aliphatic rings. The molecule has 3 amide bonds. The summed E-state index contributed by atoms with van der Waals surface area (Å²) >= 11 is 1.40. The summed E-state index contributed by atoms with van der Waals surface area (Å²) in [5, 5.41) is 19.9. The van der Waals surface area contributed by atoms with Crippen molar-refractivity contribution < 1.29 is 38.7 Å². The van der Waals surface area contributed by atoms with Crippen LogP contribution in [0.1, 0.15) is 26.7 Å². The number of imidazole rings is 1. The number of carbonyl (C=O) groups is 4. The quantitative estimate of drug-likeness (QED) is 0.202. The number of primary amides is 1. The minimum absolute atomic E-state index is 0.0232. The van der Waals surface area contributed by atoms with Crippen LogP contribution in [0.3, 0.4) is 0 Å². The summed E-state index contributed by atoms with van der Waals surface area (Å²) in [5.74, 6) is -2.86. The number of aliphatic hydroxyl groups excluding tert-OH is 1. The van der Waals surface area contributed by atoms with Gasteiger partial charge in [-0.1, -0.05) is 19.6 Å². The van der Waals surface area contributed by atoms with Gasteiger partial charge < -0.3 is 30.5 Å². The molecule has 0 radical (unpaired) electrons. The van der Waals surface area contributed by atoms with Gasteiger partial charge in [-0.05, 0) is 13.3 Å². The Hall–Kier alpha value is -3.32. The van der Waals surface area contributed by atoms with Crippen LogP contribution in [-0.2, 0) is 32.2 Å². The number of aromatic nitrogens is 2. The van der Waals surface area contributed by atoms with Gasteiger partial charge in [0.25, 0.3) is 5.91 Å². The number of rotatable bonds is 11. The molecular weight excluding hydrogens is 514 g/mol. The highest BCUT2D eigenvalue weighted by molar-refractivity contribution is 8.03. The minimum atomic E-state index is -1.17. The highest BCUT2D eigenvalue weighted by Crippen LogP contribution is 2.52. The Kier molecular flexibility index (Phi) is 8.16. The number of ether oxygens (including phenoxy) is 1. The number of hydrogen-bond donors (Lipinski definition) is 3.